The highest BCUT2D eigenvalue weighted by Gasteiger charge is 2.25. The molecule has 2 rings (SSSR count). The summed E-state index contributed by atoms with van der Waals surface area (Å²) in [5.41, 5.74) is 0. The van der Waals surface area contributed by atoms with E-state index in [0.717, 1.165) is 71.6 Å². The van der Waals surface area contributed by atoms with Crippen LogP contribution in [0.1, 0.15) is 25.7 Å². The van der Waals surface area contributed by atoms with Gasteiger partial charge in [0.15, 0.2) is 0 Å². The average molecular weight is 270 g/mol. The fraction of sp³-hybridized carbons (Fsp3) is 0.929. The molecule has 2 N–H and O–H groups in total. The van der Waals surface area contributed by atoms with Crippen LogP contribution in [0.15, 0.2) is 0 Å². The molecule has 0 atom stereocenters. The minimum atomic E-state index is -0.612. The zero-order valence-corrected chi connectivity index (χ0v) is 11.6. The maximum Gasteiger partial charge on any atom is 0.306 e. The Bertz CT molecular complexity index is 272. The predicted molar refractivity (Wildman–Crippen MR) is 73.2 cm³/mol. The van der Waals surface area contributed by atoms with Crippen molar-refractivity contribution in [1.82, 2.24) is 10.2 Å². The number of morpholine rings is 1. The number of carbonyl (C=O) groups is 1. The molecule has 5 heteroatoms. The van der Waals surface area contributed by atoms with Gasteiger partial charge in [-0.3, -0.25) is 9.69 Å². The molecule has 19 heavy (non-hydrogen) atoms. The Labute approximate surface area is 115 Å². The van der Waals surface area contributed by atoms with Gasteiger partial charge in [0, 0.05) is 26.2 Å². The third-order valence-corrected chi connectivity index (χ3v) is 4.34. The average Bonchev–Trinajstić information content (AvgIpc) is 2.45. The van der Waals surface area contributed by atoms with Gasteiger partial charge in [-0.1, -0.05) is 0 Å². The highest BCUT2D eigenvalue weighted by Crippen LogP contribution is 2.28. The molecule has 0 amide bonds. The molecule has 0 bridgehead atoms. The minimum Gasteiger partial charge on any atom is -0.481 e. The molecule has 0 radical (unpaired) electrons. The highest BCUT2D eigenvalue weighted by atomic mass is 16.5. The maximum absolute atomic E-state index is 10.9. The van der Waals surface area contributed by atoms with Gasteiger partial charge in [-0.2, -0.15) is 0 Å². The monoisotopic (exact) mass is 270 g/mol. The van der Waals surface area contributed by atoms with Gasteiger partial charge in [-0.15, -0.1) is 0 Å². The number of aliphatic carboxylic acids is 1. The molecule has 1 heterocycles. The van der Waals surface area contributed by atoms with Crippen LogP contribution in [0.4, 0.5) is 0 Å². The molecule has 0 spiro atoms. The van der Waals surface area contributed by atoms with E-state index in [1.165, 1.54) is 0 Å². The van der Waals surface area contributed by atoms with Crippen molar-refractivity contribution in [3.8, 4) is 0 Å². The second-order valence-corrected chi connectivity index (χ2v) is 5.71. The third kappa shape index (κ3) is 5.09. The van der Waals surface area contributed by atoms with Gasteiger partial charge in [0.05, 0.1) is 19.1 Å². The van der Waals surface area contributed by atoms with E-state index in [0.29, 0.717) is 5.92 Å². The first kappa shape index (κ1) is 14.8. The van der Waals surface area contributed by atoms with E-state index in [1.807, 2.05) is 0 Å². The SMILES string of the molecule is O=C(O)C1CCC(CNCCN2CCOCC2)CC1. The summed E-state index contributed by atoms with van der Waals surface area (Å²) in [6, 6.07) is 0. The van der Waals surface area contributed by atoms with Crippen LogP contribution < -0.4 is 5.32 Å². The Balaban J connectivity index is 1.51. The van der Waals surface area contributed by atoms with Gasteiger partial charge in [0.2, 0.25) is 0 Å². The fourth-order valence-electron chi connectivity index (χ4n) is 2.98. The van der Waals surface area contributed by atoms with E-state index in [1.54, 1.807) is 0 Å². The summed E-state index contributed by atoms with van der Waals surface area (Å²) in [5, 5.41) is 12.5. The van der Waals surface area contributed by atoms with Crippen LogP contribution in [0.3, 0.4) is 0 Å². The molecule has 0 aromatic heterocycles. The van der Waals surface area contributed by atoms with Gasteiger partial charge in [-0.25, -0.2) is 0 Å². The van der Waals surface area contributed by atoms with E-state index >= 15 is 0 Å². The smallest absolute Gasteiger partial charge is 0.306 e. The number of carboxylic acid groups (broad SMARTS) is 1. The second-order valence-electron chi connectivity index (χ2n) is 5.71. The van der Waals surface area contributed by atoms with Gasteiger partial charge in [-0.05, 0) is 38.1 Å². The summed E-state index contributed by atoms with van der Waals surface area (Å²) in [7, 11) is 0. The van der Waals surface area contributed by atoms with Gasteiger partial charge < -0.3 is 15.2 Å². The summed E-state index contributed by atoms with van der Waals surface area (Å²) in [5.74, 6) is -0.0383. The van der Waals surface area contributed by atoms with E-state index in [2.05, 4.69) is 10.2 Å². The van der Waals surface area contributed by atoms with Crippen molar-refractivity contribution in [1.29, 1.82) is 0 Å². The zero-order valence-electron chi connectivity index (χ0n) is 11.6. The van der Waals surface area contributed by atoms with E-state index in [9.17, 15) is 4.79 Å². The van der Waals surface area contributed by atoms with Crippen LogP contribution in [-0.2, 0) is 9.53 Å². The molecule has 5 nitrogen and oxygen atoms in total. The molecule has 1 saturated carbocycles. The summed E-state index contributed by atoms with van der Waals surface area (Å²) in [6.45, 7) is 6.97. The number of rotatable bonds is 6. The molecule has 2 aliphatic rings. The molecular weight excluding hydrogens is 244 g/mol. The summed E-state index contributed by atoms with van der Waals surface area (Å²) in [4.78, 5) is 13.3. The van der Waals surface area contributed by atoms with E-state index < -0.39 is 5.97 Å². The molecule has 2 fully saturated rings. The number of carboxylic acids is 1. The second kappa shape index (κ2) is 7.82. The Morgan fingerprint density at radius 3 is 2.53 bits per heavy atom. The van der Waals surface area contributed by atoms with Crippen LogP contribution in [0.25, 0.3) is 0 Å². The fourth-order valence-corrected chi connectivity index (χ4v) is 2.98. The number of nitrogens with one attached hydrogen (secondary N) is 1. The van der Waals surface area contributed by atoms with Crippen LogP contribution >= 0.6 is 0 Å². The molecule has 1 saturated heterocycles. The first-order valence-electron chi connectivity index (χ1n) is 7.49. The van der Waals surface area contributed by atoms with Gasteiger partial charge in [0.1, 0.15) is 0 Å². The lowest BCUT2D eigenvalue weighted by Gasteiger charge is -2.28. The van der Waals surface area contributed by atoms with Crippen molar-refractivity contribution in [3.05, 3.63) is 0 Å². The highest BCUT2D eigenvalue weighted by molar-refractivity contribution is 5.69. The Kier molecular flexibility index (Phi) is 6.07. The molecule has 0 aromatic rings. The zero-order chi connectivity index (χ0) is 13.5. The Morgan fingerprint density at radius 1 is 1.21 bits per heavy atom. The van der Waals surface area contributed by atoms with Crippen molar-refractivity contribution < 1.29 is 14.6 Å². The number of hydrogen-bond donors (Lipinski definition) is 2. The molecule has 110 valence electrons. The molecule has 0 unspecified atom stereocenters. The molecule has 1 aliphatic carbocycles. The van der Waals surface area contributed by atoms with Crippen LogP contribution in [0, 0.1) is 11.8 Å². The first-order chi connectivity index (χ1) is 9.25. The molecule has 1 aliphatic heterocycles. The quantitative estimate of drug-likeness (QED) is 0.699. The predicted octanol–water partition coefficient (Wildman–Crippen LogP) is 0.799. The van der Waals surface area contributed by atoms with Crippen molar-refractivity contribution in [2.75, 3.05) is 45.9 Å². The van der Waals surface area contributed by atoms with Crippen LogP contribution in [0.2, 0.25) is 0 Å². The van der Waals surface area contributed by atoms with Crippen molar-refractivity contribution in [3.63, 3.8) is 0 Å². The largest absolute Gasteiger partial charge is 0.481 e. The van der Waals surface area contributed by atoms with Crippen molar-refractivity contribution in [2.24, 2.45) is 11.8 Å². The van der Waals surface area contributed by atoms with Crippen molar-refractivity contribution in [2.45, 2.75) is 25.7 Å². The first-order valence-corrected chi connectivity index (χ1v) is 7.49. The van der Waals surface area contributed by atoms with E-state index in [4.69, 9.17) is 9.84 Å². The summed E-state index contributed by atoms with van der Waals surface area (Å²) < 4.78 is 5.32. The minimum absolute atomic E-state index is 0.0930. The normalized spacial score (nSPS) is 29.3. The lowest BCUT2D eigenvalue weighted by Crippen LogP contribution is -2.41. The Hall–Kier alpha value is -0.650. The topological polar surface area (TPSA) is 61.8 Å². The summed E-state index contributed by atoms with van der Waals surface area (Å²) in [6.07, 6.45) is 3.82. The molecular formula is C14H26N2O3. The summed E-state index contributed by atoms with van der Waals surface area (Å²) >= 11 is 0. The lowest BCUT2D eigenvalue weighted by molar-refractivity contribution is -0.143. The van der Waals surface area contributed by atoms with Gasteiger partial charge >= 0.3 is 5.97 Å². The number of nitrogens with zero attached hydrogens (tertiary/aromatic N) is 1. The maximum atomic E-state index is 10.9. The van der Waals surface area contributed by atoms with Crippen LogP contribution in [0.5, 0.6) is 0 Å². The number of ether oxygens (including phenoxy) is 1. The third-order valence-electron chi connectivity index (χ3n) is 4.34. The molecule has 0 aromatic carbocycles. The van der Waals surface area contributed by atoms with Crippen LogP contribution in [-0.4, -0.2) is 61.9 Å². The van der Waals surface area contributed by atoms with Crippen molar-refractivity contribution >= 4 is 5.97 Å². The Morgan fingerprint density at radius 2 is 1.89 bits per heavy atom. The lowest BCUT2D eigenvalue weighted by atomic mass is 9.82. The van der Waals surface area contributed by atoms with Gasteiger partial charge in [0.25, 0.3) is 0 Å². The van der Waals surface area contributed by atoms with E-state index in [-0.39, 0.29) is 5.92 Å². The standard InChI is InChI=1S/C14H26N2O3/c17-14(18)13-3-1-12(2-4-13)11-15-5-6-16-7-9-19-10-8-16/h12-13,15H,1-11H2,(H,17,18). The number of hydrogen-bond acceptors (Lipinski definition) is 4.